The van der Waals surface area contributed by atoms with Crippen LogP contribution in [-0.2, 0) is 28.6 Å². The van der Waals surface area contributed by atoms with Crippen molar-refractivity contribution in [2.45, 2.75) is 64.3 Å². The van der Waals surface area contributed by atoms with Gasteiger partial charge in [0.05, 0.1) is 44.0 Å². The topological polar surface area (TPSA) is 109 Å². The van der Waals surface area contributed by atoms with Gasteiger partial charge in [-0.15, -0.1) is 6.58 Å². The van der Waals surface area contributed by atoms with E-state index in [1.54, 1.807) is 22.8 Å². The summed E-state index contributed by atoms with van der Waals surface area (Å²) < 4.78 is 17.6. The van der Waals surface area contributed by atoms with E-state index in [0.717, 1.165) is 13.1 Å². The van der Waals surface area contributed by atoms with E-state index in [0.29, 0.717) is 39.3 Å². The standard InChI is InChI=1S/C28H45N3O7/c1-7-9-30(11-10-29-12-14-36-15-13-29)25(34)23-28-16-19(5)27(6,38-28)22(26(35)37-8-2)21(28)24(33)31(23)20(17-32)18(3)4/h7,18-23,32H,1,8-17H2,2-6H3/t19?,20-,21-,22-,23?,27+,28?/m0/s1. The summed E-state index contributed by atoms with van der Waals surface area (Å²) in [7, 11) is 0. The average Bonchev–Trinajstić information content (AvgIpc) is 3.39. The van der Waals surface area contributed by atoms with Crippen LogP contribution in [0, 0.1) is 23.7 Å². The molecular formula is C28H45N3O7. The zero-order chi connectivity index (χ0) is 27.8. The number of morpholine rings is 1. The lowest BCUT2D eigenvalue weighted by atomic mass is 9.62. The maximum Gasteiger partial charge on any atom is 0.312 e. The smallest absolute Gasteiger partial charge is 0.312 e. The van der Waals surface area contributed by atoms with Crippen LogP contribution in [0.5, 0.6) is 0 Å². The van der Waals surface area contributed by atoms with Crippen molar-refractivity contribution in [1.82, 2.24) is 14.7 Å². The van der Waals surface area contributed by atoms with Crippen molar-refractivity contribution in [2.24, 2.45) is 23.7 Å². The van der Waals surface area contributed by atoms with E-state index in [1.807, 2.05) is 27.7 Å². The van der Waals surface area contributed by atoms with Crippen LogP contribution < -0.4 is 0 Å². The predicted octanol–water partition coefficient (Wildman–Crippen LogP) is 0.924. The van der Waals surface area contributed by atoms with Gasteiger partial charge in [-0.05, 0) is 32.1 Å². The molecule has 10 nitrogen and oxygen atoms in total. The summed E-state index contributed by atoms with van der Waals surface area (Å²) in [6, 6.07) is -1.54. The van der Waals surface area contributed by atoms with Crippen molar-refractivity contribution in [2.75, 3.05) is 59.2 Å². The first-order valence-corrected chi connectivity index (χ1v) is 14.1. The zero-order valence-corrected chi connectivity index (χ0v) is 23.6. The number of rotatable bonds is 11. The molecule has 0 saturated carbocycles. The number of amides is 2. The van der Waals surface area contributed by atoms with Crippen LogP contribution in [0.15, 0.2) is 12.7 Å². The number of hydrogen-bond donors (Lipinski definition) is 1. The summed E-state index contributed by atoms with van der Waals surface area (Å²) in [5.74, 6) is -2.83. The normalized spacial score (nSPS) is 35.4. The van der Waals surface area contributed by atoms with Crippen LogP contribution >= 0.6 is 0 Å². The van der Waals surface area contributed by atoms with Crippen molar-refractivity contribution >= 4 is 17.8 Å². The maximum atomic E-state index is 14.5. The van der Waals surface area contributed by atoms with Gasteiger partial charge in [0.2, 0.25) is 11.8 Å². The zero-order valence-electron chi connectivity index (χ0n) is 23.6. The fourth-order valence-corrected chi connectivity index (χ4v) is 7.23. The monoisotopic (exact) mass is 535 g/mol. The van der Waals surface area contributed by atoms with Crippen LogP contribution in [-0.4, -0.2) is 120 Å². The number of nitrogens with zero attached hydrogens (tertiary/aromatic N) is 3. The first-order chi connectivity index (χ1) is 18.1. The number of aliphatic hydroxyl groups is 1. The molecule has 1 N–H and O–H groups in total. The van der Waals surface area contributed by atoms with Gasteiger partial charge in [-0.25, -0.2) is 0 Å². The highest BCUT2D eigenvalue weighted by atomic mass is 16.6. The third-order valence-corrected chi connectivity index (χ3v) is 9.29. The van der Waals surface area contributed by atoms with Crippen LogP contribution in [0.2, 0.25) is 0 Å². The summed E-state index contributed by atoms with van der Waals surface area (Å²) in [5.41, 5.74) is -2.08. The number of hydrogen-bond acceptors (Lipinski definition) is 8. The molecule has 0 aromatic carbocycles. The Labute approximate surface area is 226 Å². The van der Waals surface area contributed by atoms with Gasteiger partial charge in [0.1, 0.15) is 17.6 Å². The fourth-order valence-electron chi connectivity index (χ4n) is 7.23. The Morgan fingerprint density at radius 3 is 2.58 bits per heavy atom. The van der Waals surface area contributed by atoms with Gasteiger partial charge in [0.25, 0.3) is 0 Å². The van der Waals surface area contributed by atoms with Gasteiger partial charge in [-0.3, -0.25) is 19.3 Å². The van der Waals surface area contributed by atoms with E-state index in [-0.39, 0.29) is 36.9 Å². The molecular weight excluding hydrogens is 490 g/mol. The molecule has 4 aliphatic rings. The second-order valence-electron chi connectivity index (χ2n) is 11.7. The minimum Gasteiger partial charge on any atom is -0.466 e. The number of aliphatic hydroxyl groups excluding tert-OH is 1. The molecule has 4 saturated heterocycles. The lowest BCUT2D eigenvalue weighted by Crippen LogP contribution is -2.60. The SMILES string of the molecule is C=CCN(CCN1CCOCC1)C(=O)C1N([C@@H](CO)C(C)C)C(=O)[C@@H]2[C@@H](C(=O)OCC)[C@]3(C)OC12CC3C. The fraction of sp³-hybridized carbons (Fsp3) is 0.821. The quantitative estimate of drug-likeness (QED) is 0.307. The molecule has 2 amide bonds. The highest BCUT2D eigenvalue weighted by molar-refractivity contribution is 5.98. The van der Waals surface area contributed by atoms with Gasteiger partial charge < -0.3 is 29.1 Å². The predicted molar refractivity (Wildman–Crippen MR) is 140 cm³/mol. The Hall–Kier alpha value is -2.01. The average molecular weight is 536 g/mol. The molecule has 0 aromatic rings. The molecule has 4 fully saturated rings. The van der Waals surface area contributed by atoms with E-state index >= 15 is 0 Å². The Kier molecular flexibility index (Phi) is 8.57. The third-order valence-electron chi connectivity index (χ3n) is 9.29. The highest BCUT2D eigenvalue weighted by Gasteiger charge is 2.80. The lowest BCUT2D eigenvalue weighted by Gasteiger charge is -2.41. The molecule has 4 heterocycles. The highest BCUT2D eigenvalue weighted by Crippen LogP contribution is 2.65. The van der Waals surface area contributed by atoms with E-state index < -0.39 is 41.1 Å². The number of ether oxygens (including phenoxy) is 3. The lowest BCUT2D eigenvalue weighted by molar-refractivity contribution is -0.164. The van der Waals surface area contributed by atoms with Gasteiger partial charge in [-0.2, -0.15) is 0 Å². The third kappa shape index (κ3) is 4.57. The molecule has 4 rings (SSSR count). The summed E-state index contributed by atoms with van der Waals surface area (Å²) in [4.78, 5) is 47.6. The molecule has 1 spiro atoms. The Balaban J connectivity index is 1.74. The Morgan fingerprint density at radius 2 is 2.00 bits per heavy atom. The summed E-state index contributed by atoms with van der Waals surface area (Å²) in [6.07, 6.45) is 2.17. The number of likely N-dealkylation sites (tertiary alicyclic amines) is 1. The van der Waals surface area contributed by atoms with Gasteiger partial charge in [-0.1, -0.05) is 26.8 Å². The second-order valence-corrected chi connectivity index (χ2v) is 11.7. The summed E-state index contributed by atoms with van der Waals surface area (Å²) >= 11 is 0. The Morgan fingerprint density at radius 1 is 1.32 bits per heavy atom. The molecule has 0 radical (unpaired) electrons. The van der Waals surface area contributed by atoms with Crippen molar-refractivity contribution < 1.29 is 33.7 Å². The van der Waals surface area contributed by atoms with Crippen LogP contribution in [0.4, 0.5) is 0 Å². The van der Waals surface area contributed by atoms with Gasteiger partial charge >= 0.3 is 5.97 Å². The number of fused-ring (bicyclic) bond motifs is 1. The van der Waals surface area contributed by atoms with Crippen LogP contribution in [0.1, 0.15) is 41.0 Å². The van der Waals surface area contributed by atoms with E-state index in [9.17, 15) is 19.5 Å². The molecule has 0 aliphatic carbocycles. The van der Waals surface area contributed by atoms with E-state index in [4.69, 9.17) is 14.2 Å². The molecule has 4 aliphatic heterocycles. The van der Waals surface area contributed by atoms with Crippen molar-refractivity contribution in [1.29, 1.82) is 0 Å². The van der Waals surface area contributed by atoms with Crippen molar-refractivity contribution in [3.63, 3.8) is 0 Å². The van der Waals surface area contributed by atoms with Crippen LogP contribution in [0.25, 0.3) is 0 Å². The maximum absolute atomic E-state index is 14.5. The molecule has 2 bridgehead atoms. The number of carbonyl (C=O) groups excluding carboxylic acids is 3. The first kappa shape index (κ1) is 29.0. The first-order valence-electron chi connectivity index (χ1n) is 14.1. The summed E-state index contributed by atoms with van der Waals surface area (Å²) in [6.45, 7) is 17.6. The minimum atomic E-state index is -1.17. The van der Waals surface area contributed by atoms with Gasteiger partial charge in [0, 0.05) is 32.7 Å². The van der Waals surface area contributed by atoms with E-state index in [2.05, 4.69) is 11.5 Å². The number of esters is 1. The largest absolute Gasteiger partial charge is 0.466 e. The Bertz CT molecular complexity index is 922. The molecule has 7 atom stereocenters. The number of carbonyl (C=O) groups is 3. The minimum absolute atomic E-state index is 0.0657. The second kappa shape index (κ2) is 11.2. The van der Waals surface area contributed by atoms with E-state index in [1.165, 1.54) is 0 Å². The van der Waals surface area contributed by atoms with Crippen molar-refractivity contribution in [3.05, 3.63) is 12.7 Å². The van der Waals surface area contributed by atoms with Gasteiger partial charge in [0.15, 0.2) is 0 Å². The van der Waals surface area contributed by atoms with Crippen molar-refractivity contribution in [3.8, 4) is 0 Å². The molecule has 10 heteroatoms. The van der Waals surface area contributed by atoms with Crippen LogP contribution in [0.3, 0.4) is 0 Å². The molecule has 3 unspecified atom stereocenters. The molecule has 38 heavy (non-hydrogen) atoms. The summed E-state index contributed by atoms with van der Waals surface area (Å²) in [5, 5.41) is 10.4. The molecule has 214 valence electrons. The molecule has 0 aromatic heterocycles.